The molecule has 114 valence electrons. The van der Waals surface area contributed by atoms with Crippen molar-refractivity contribution in [2.24, 2.45) is 13.0 Å². The third kappa shape index (κ3) is 4.55. The van der Waals surface area contributed by atoms with Crippen LogP contribution in [-0.2, 0) is 11.8 Å². The number of hydrogen-bond donors (Lipinski definition) is 1. The Hall–Kier alpha value is -0.860. The first-order valence-corrected chi connectivity index (χ1v) is 9.16. The standard InChI is InChI=1S/C13H17BrN4OS2/c1-8(2)5-15-11(19)7-21-13-17-16-12(18(13)3)10-4-9(14)6-20-10/h4,6,8H,5,7H2,1-3H3,(H,15,19). The van der Waals surface area contributed by atoms with Crippen molar-refractivity contribution in [3.63, 3.8) is 0 Å². The van der Waals surface area contributed by atoms with E-state index < -0.39 is 0 Å². The summed E-state index contributed by atoms with van der Waals surface area (Å²) in [5.74, 6) is 1.65. The van der Waals surface area contributed by atoms with Crippen molar-refractivity contribution in [3.05, 3.63) is 15.9 Å². The molecule has 2 aromatic heterocycles. The number of rotatable bonds is 6. The minimum atomic E-state index is 0.0251. The van der Waals surface area contributed by atoms with Crippen molar-refractivity contribution in [2.75, 3.05) is 12.3 Å². The van der Waals surface area contributed by atoms with E-state index in [-0.39, 0.29) is 5.91 Å². The highest BCUT2D eigenvalue weighted by Crippen LogP contribution is 2.30. The van der Waals surface area contributed by atoms with E-state index in [1.165, 1.54) is 11.8 Å². The molecule has 0 spiro atoms. The number of thiophene rings is 1. The van der Waals surface area contributed by atoms with Crippen molar-refractivity contribution in [2.45, 2.75) is 19.0 Å². The largest absolute Gasteiger partial charge is 0.355 e. The number of amides is 1. The molecule has 1 amide bonds. The molecular weight excluding hydrogens is 372 g/mol. The van der Waals surface area contributed by atoms with E-state index in [0.29, 0.717) is 18.2 Å². The Bertz CT molecular complexity index is 623. The maximum atomic E-state index is 11.7. The van der Waals surface area contributed by atoms with Crippen LogP contribution in [0.2, 0.25) is 0 Å². The molecule has 0 fully saturated rings. The maximum Gasteiger partial charge on any atom is 0.230 e. The minimum absolute atomic E-state index is 0.0251. The van der Waals surface area contributed by atoms with Crippen molar-refractivity contribution >= 4 is 44.9 Å². The van der Waals surface area contributed by atoms with Crippen LogP contribution < -0.4 is 5.32 Å². The normalized spacial score (nSPS) is 11.1. The Morgan fingerprint density at radius 2 is 2.29 bits per heavy atom. The number of aromatic nitrogens is 3. The van der Waals surface area contributed by atoms with E-state index in [4.69, 9.17) is 0 Å². The topological polar surface area (TPSA) is 59.8 Å². The molecular formula is C13H17BrN4OS2. The number of halogens is 1. The fraction of sp³-hybridized carbons (Fsp3) is 0.462. The van der Waals surface area contributed by atoms with Crippen LogP contribution in [0.25, 0.3) is 10.7 Å². The van der Waals surface area contributed by atoms with E-state index in [0.717, 1.165) is 20.3 Å². The van der Waals surface area contributed by atoms with Gasteiger partial charge in [-0.2, -0.15) is 0 Å². The monoisotopic (exact) mass is 388 g/mol. The van der Waals surface area contributed by atoms with Gasteiger partial charge < -0.3 is 9.88 Å². The number of carbonyl (C=O) groups excluding carboxylic acids is 1. The summed E-state index contributed by atoms with van der Waals surface area (Å²) in [6, 6.07) is 2.01. The molecule has 0 saturated heterocycles. The number of nitrogens with one attached hydrogen (secondary N) is 1. The van der Waals surface area contributed by atoms with Gasteiger partial charge >= 0.3 is 0 Å². The van der Waals surface area contributed by atoms with Crippen molar-refractivity contribution < 1.29 is 4.79 Å². The molecule has 0 atom stereocenters. The summed E-state index contributed by atoms with van der Waals surface area (Å²) in [4.78, 5) is 12.8. The van der Waals surface area contributed by atoms with Gasteiger partial charge in [0.15, 0.2) is 11.0 Å². The zero-order chi connectivity index (χ0) is 15.4. The fourth-order valence-electron chi connectivity index (χ4n) is 1.58. The summed E-state index contributed by atoms with van der Waals surface area (Å²) in [5.41, 5.74) is 0. The third-order valence-electron chi connectivity index (χ3n) is 2.66. The molecule has 0 radical (unpaired) electrons. The van der Waals surface area contributed by atoms with Gasteiger partial charge in [0.25, 0.3) is 0 Å². The summed E-state index contributed by atoms with van der Waals surface area (Å²) in [7, 11) is 1.91. The molecule has 2 aromatic rings. The molecule has 0 unspecified atom stereocenters. The van der Waals surface area contributed by atoms with Gasteiger partial charge in [0.2, 0.25) is 5.91 Å². The van der Waals surface area contributed by atoms with E-state index in [9.17, 15) is 4.79 Å². The van der Waals surface area contributed by atoms with Crippen molar-refractivity contribution in [3.8, 4) is 10.7 Å². The van der Waals surface area contributed by atoms with E-state index in [1.807, 2.05) is 23.1 Å². The van der Waals surface area contributed by atoms with Crippen LogP contribution in [0, 0.1) is 5.92 Å². The summed E-state index contributed by atoms with van der Waals surface area (Å²) in [5, 5.41) is 14.0. The molecule has 0 saturated carbocycles. The number of carbonyl (C=O) groups is 1. The summed E-state index contributed by atoms with van der Waals surface area (Å²) in [6.45, 7) is 4.84. The second-order valence-electron chi connectivity index (χ2n) is 4.98. The smallest absolute Gasteiger partial charge is 0.230 e. The molecule has 5 nitrogen and oxygen atoms in total. The van der Waals surface area contributed by atoms with E-state index in [2.05, 4.69) is 45.3 Å². The van der Waals surface area contributed by atoms with Crippen LogP contribution in [0.5, 0.6) is 0 Å². The van der Waals surface area contributed by atoms with Crippen LogP contribution >= 0.6 is 39.0 Å². The van der Waals surface area contributed by atoms with E-state index >= 15 is 0 Å². The van der Waals surface area contributed by atoms with Crippen molar-refractivity contribution in [1.82, 2.24) is 20.1 Å². The first kappa shape index (κ1) is 16.5. The molecule has 8 heteroatoms. The first-order valence-electron chi connectivity index (χ1n) is 6.50. The zero-order valence-corrected chi connectivity index (χ0v) is 15.3. The summed E-state index contributed by atoms with van der Waals surface area (Å²) < 4.78 is 2.95. The highest BCUT2D eigenvalue weighted by Gasteiger charge is 2.14. The predicted octanol–water partition coefficient (Wildman–Crippen LogP) is 3.17. The zero-order valence-electron chi connectivity index (χ0n) is 12.1. The number of hydrogen-bond acceptors (Lipinski definition) is 5. The quantitative estimate of drug-likeness (QED) is 0.771. The summed E-state index contributed by atoms with van der Waals surface area (Å²) >= 11 is 6.44. The lowest BCUT2D eigenvalue weighted by Gasteiger charge is -2.07. The SMILES string of the molecule is CC(C)CNC(=O)CSc1nnc(-c2cc(Br)cs2)n1C. The van der Waals surface area contributed by atoms with Crippen LogP contribution in [0.4, 0.5) is 0 Å². The van der Waals surface area contributed by atoms with Crippen LogP contribution in [-0.4, -0.2) is 33.0 Å². The second-order valence-corrected chi connectivity index (χ2v) is 7.75. The van der Waals surface area contributed by atoms with Gasteiger partial charge in [-0.25, -0.2) is 0 Å². The molecule has 2 rings (SSSR count). The predicted molar refractivity (Wildman–Crippen MR) is 90.6 cm³/mol. The number of thioether (sulfide) groups is 1. The highest BCUT2D eigenvalue weighted by atomic mass is 79.9. The van der Waals surface area contributed by atoms with Crippen LogP contribution in [0.3, 0.4) is 0 Å². The Kier molecular flexibility index (Phi) is 5.83. The Morgan fingerprint density at radius 1 is 1.52 bits per heavy atom. The van der Waals surface area contributed by atoms with Gasteiger partial charge in [0.1, 0.15) is 0 Å². The lowest BCUT2D eigenvalue weighted by Crippen LogP contribution is -2.28. The molecule has 0 aromatic carbocycles. The molecule has 0 bridgehead atoms. The van der Waals surface area contributed by atoms with Gasteiger partial charge in [-0.3, -0.25) is 4.79 Å². The average Bonchev–Trinajstić information content (AvgIpc) is 3.00. The maximum absolute atomic E-state index is 11.7. The Balaban J connectivity index is 1.96. The Morgan fingerprint density at radius 3 is 2.90 bits per heavy atom. The van der Waals surface area contributed by atoms with Crippen LogP contribution in [0.1, 0.15) is 13.8 Å². The molecule has 0 aliphatic heterocycles. The van der Waals surface area contributed by atoms with Gasteiger partial charge in [-0.1, -0.05) is 25.6 Å². The highest BCUT2D eigenvalue weighted by molar-refractivity contribution is 9.10. The lowest BCUT2D eigenvalue weighted by molar-refractivity contribution is -0.118. The van der Waals surface area contributed by atoms with Gasteiger partial charge in [0, 0.05) is 23.4 Å². The molecule has 1 N–H and O–H groups in total. The molecule has 21 heavy (non-hydrogen) atoms. The molecule has 0 aliphatic carbocycles. The number of nitrogens with zero attached hydrogens (tertiary/aromatic N) is 3. The van der Waals surface area contributed by atoms with Gasteiger partial charge in [-0.05, 0) is 27.9 Å². The van der Waals surface area contributed by atoms with Crippen LogP contribution in [0.15, 0.2) is 21.1 Å². The molecule has 2 heterocycles. The minimum Gasteiger partial charge on any atom is -0.355 e. The third-order valence-corrected chi connectivity index (χ3v) is 5.37. The second kappa shape index (κ2) is 7.42. The van der Waals surface area contributed by atoms with Gasteiger partial charge in [0.05, 0.1) is 10.6 Å². The fourth-order valence-corrected chi connectivity index (χ4v) is 3.77. The lowest BCUT2D eigenvalue weighted by atomic mass is 10.2. The van der Waals surface area contributed by atoms with Gasteiger partial charge in [-0.15, -0.1) is 21.5 Å². The van der Waals surface area contributed by atoms with Crippen molar-refractivity contribution in [1.29, 1.82) is 0 Å². The summed E-state index contributed by atoms with van der Waals surface area (Å²) in [6.07, 6.45) is 0. The average molecular weight is 389 g/mol. The first-order chi connectivity index (χ1) is 9.97. The Labute approximate surface area is 140 Å². The van der Waals surface area contributed by atoms with E-state index in [1.54, 1.807) is 11.3 Å². The molecule has 0 aliphatic rings.